The smallest absolute Gasteiger partial charge is 0.349 e. The number of carbonyl (C=O) groups excluding carboxylic acids is 1. The fourth-order valence-electron chi connectivity index (χ4n) is 5.43. The SMILES string of the molecule is CC(C)(C)[Si]1(C(C)(C)C)OC[C@H]2O[C@@H](n3cnc4c(NC(=O)c5ccccc5)ncnc43)[C@H](F)[C@H]2O1. The molecule has 5 rings (SSSR count). The number of alkyl halides is 1. The van der Waals surface area contributed by atoms with Gasteiger partial charge < -0.3 is 18.9 Å². The molecule has 2 saturated heterocycles. The fraction of sp³-hybridized carbons (Fsp3) is 0.520. The highest BCUT2D eigenvalue weighted by molar-refractivity contribution is 6.73. The number of halogens is 1. The molecule has 3 aromatic rings. The van der Waals surface area contributed by atoms with Crippen LogP contribution in [-0.4, -0.2) is 59.0 Å². The van der Waals surface area contributed by atoms with Gasteiger partial charge in [0.15, 0.2) is 29.4 Å². The molecule has 2 aliphatic heterocycles. The number of nitrogens with one attached hydrogen (secondary N) is 1. The van der Waals surface area contributed by atoms with E-state index < -0.39 is 33.2 Å². The van der Waals surface area contributed by atoms with Crippen molar-refractivity contribution < 1.29 is 22.8 Å². The number of hydrogen-bond donors (Lipinski definition) is 1. The molecule has 2 fully saturated rings. The van der Waals surface area contributed by atoms with Gasteiger partial charge in [0.1, 0.15) is 18.5 Å². The summed E-state index contributed by atoms with van der Waals surface area (Å²) in [6, 6.07) is 8.79. The number of rotatable bonds is 3. The van der Waals surface area contributed by atoms with E-state index in [9.17, 15) is 4.79 Å². The maximum absolute atomic E-state index is 16.0. The number of imidazole rings is 1. The molecule has 2 aliphatic rings. The summed E-state index contributed by atoms with van der Waals surface area (Å²) in [5.74, 6) is -0.0854. The molecule has 0 radical (unpaired) electrons. The van der Waals surface area contributed by atoms with Crippen LogP contribution >= 0.6 is 0 Å². The number of fused-ring (bicyclic) bond motifs is 2. The second-order valence-electron chi connectivity index (χ2n) is 11.4. The molecule has 4 atom stereocenters. The minimum absolute atomic E-state index is 0.241. The van der Waals surface area contributed by atoms with E-state index in [0.29, 0.717) is 16.7 Å². The molecule has 0 spiro atoms. The predicted molar refractivity (Wildman–Crippen MR) is 135 cm³/mol. The number of nitrogens with zero attached hydrogens (tertiary/aromatic N) is 4. The summed E-state index contributed by atoms with van der Waals surface area (Å²) < 4.78 is 36.7. The Labute approximate surface area is 210 Å². The zero-order chi connectivity index (χ0) is 25.9. The van der Waals surface area contributed by atoms with Crippen molar-refractivity contribution in [2.75, 3.05) is 11.9 Å². The monoisotopic (exact) mass is 513 g/mol. The summed E-state index contributed by atoms with van der Waals surface area (Å²) in [7, 11) is -2.86. The molecule has 0 bridgehead atoms. The van der Waals surface area contributed by atoms with Gasteiger partial charge in [0.2, 0.25) is 0 Å². The van der Waals surface area contributed by atoms with Crippen LogP contribution in [0.5, 0.6) is 0 Å². The Balaban J connectivity index is 1.43. The molecular weight excluding hydrogens is 481 g/mol. The summed E-state index contributed by atoms with van der Waals surface area (Å²) in [5, 5.41) is 2.23. The predicted octanol–water partition coefficient (Wildman–Crippen LogP) is 4.77. The van der Waals surface area contributed by atoms with Gasteiger partial charge in [0.25, 0.3) is 5.91 Å². The van der Waals surface area contributed by atoms with E-state index in [1.54, 1.807) is 28.8 Å². The van der Waals surface area contributed by atoms with E-state index in [1.165, 1.54) is 12.7 Å². The van der Waals surface area contributed by atoms with Crippen molar-refractivity contribution in [2.24, 2.45) is 0 Å². The maximum Gasteiger partial charge on any atom is 0.349 e. The van der Waals surface area contributed by atoms with Gasteiger partial charge in [-0.15, -0.1) is 0 Å². The number of amides is 1. The molecule has 2 aromatic heterocycles. The van der Waals surface area contributed by atoms with Crippen molar-refractivity contribution in [2.45, 2.75) is 76.2 Å². The van der Waals surface area contributed by atoms with Gasteiger partial charge in [0, 0.05) is 15.6 Å². The quantitative estimate of drug-likeness (QED) is 0.504. The first-order valence-corrected chi connectivity index (χ1v) is 13.9. The van der Waals surface area contributed by atoms with Crippen molar-refractivity contribution in [3.05, 3.63) is 48.5 Å². The van der Waals surface area contributed by atoms with Crippen LogP contribution < -0.4 is 5.32 Å². The molecule has 1 amide bonds. The number of aromatic nitrogens is 4. The summed E-state index contributed by atoms with van der Waals surface area (Å²) in [6.45, 7) is 12.8. The fourth-order valence-corrected chi connectivity index (χ4v) is 10.4. The third-order valence-corrected chi connectivity index (χ3v) is 12.0. The first-order chi connectivity index (χ1) is 16.9. The average Bonchev–Trinajstić information content (AvgIpc) is 3.39. The normalized spacial score (nSPS) is 26.1. The third kappa shape index (κ3) is 3.94. The van der Waals surface area contributed by atoms with Crippen LogP contribution in [0.2, 0.25) is 10.1 Å². The van der Waals surface area contributed by atoms with Crippen LogP contribution in [-0.2, 0) is 13.6 Å². The third-order valence-electron chi connectivity index (χ3n) is 6.90. The minimum Gasteiger partial charge on any atom is -0.391 e. The van der Waals surface area contributed by atoms with Gasteiger partial charge in [0.05, 0.1) is 12.9 Å². The molecule has 0 saturated carbocycles. The van der Waals surface area contributed by atoms with Gasteiger partial charge in [-0.05, 0) is 12.1 Å². The Kier molecular flexibility index (Phi) is 6.02. The number of hydrogen-bond acceptors (Lipinski definition) is 7. The highest BCUT2D eigenvalue weighted by Gasteiger charge is 2.65. The van der Waals surface area contributed by atoms with Gasteiger partial charge >= 0.3 is 8.56 Å². The van der Waals surface area contributed by atoms with Gasteiger partial charge in [-0.25, -0.2) is 19.3 Å². The number of anilines is 1. The standard InChI is InChI=1S/C25H32FN5O4Si/c1-24(2,3)36(25(4,5)6)33-12-16-19(35-36)17(26)23(34-16)31-14-29-18-20(27-13-28-21(18)31)30-22(32)15-10-8-7-9-11-15/h7-11,13-14,16-17,19,23H,12H2,1-6H3,(H,27,28,30,32)/t16-,17-,19+,23-/m1/s1. The summed E-state index contributed by atoms with van der Waals surface area (Å²) in [5.41, 5.74) is 1.19. The lowest BCUT2D eigenvalue weighted by atomic mass is 10.1. The van der Waals surface area contributed by atoms with E-state index in [0.717, 1.165) is 0 Å². The molecule has 11 heteroatoms. The van der Waals surface area contributed by atoms with E-state index in [-0.39, 0.29) is 28.4 Å². The summed E-state index contributed by atoms with van der Waals surface area (Å²) >= 11 is 0. The van der Waals surface area contributed by atoms with Crippen LogP contribution in [0, 0.1) is 0 Å². The van der Waals surface area contributed by atoms with Crippen LogP contribution in [0.1, 0.15) is 58.1 Å². The number of benzene rings is 1. The Bertz CT molecular complexity index is 1260. The van der Waals surface area contributed by atoms with Gasteiger partial charge in [-0.2, -0.15) is 0 Å². The lowest BCUT2D eigenvalue weighted by Gasteiger charge is -2.53. The summed E-state index contributed by atoms with van der Waals surface area (Å²) in [4.78, 5) is 25.5. The topological polar surface area (TPSA) is 100 Å². The lowest BCUT2D eigenvalue weighted by molar-refractivity contribution is -0.0794. The van der Waals surface area contributed by atoms with Crippen LogP contribution in [0.25, 0.3) is 11.2 Å². The van der Waals surface area contributed by atoms with E-state index in [4.69, 9.17) is 13.6 Å². The molecule has 192 valence electrons. The first-order valence-electron chi connectivity index (χ1n) is 12.1. The zero-order valence-corrected chi connectivity index (χ0v) is 22.4. The van der Waals surface area contributed by atoms with Gasteiger partial charge in [-0.3, -0.25) is 9.36 Å². The highest BCUT2D eigenvalue weighted by atomic mass is 28.4. The Morgan fingerprint density at radius 2 is 1.78 bits per heavy atom. The Morgan fingerprint density at radius 3 is 2.44 bits per heavy atom. The van der Waals surface area contributed by atoms with Crippen molar-refractivity contribution in [1.82, 2.24) is 19.5 Å². The van der Waals surface area contributed by atoms with Crippen molar-refractivity contribution >= 4 is 31.4 Å². The first kappa shape index (κ1) is 24.9. The zero-order valence-electron chi connectivity index (χ0n) is 21.4. The largest absolute Gasteiger partial charge is 0.391 e. The molecule has 1 aromatic carbocycles. The second-order valence-corrected chi connectivity index (χ2v) is 16.1. The summed E-state index contributed by atoms with van der Waals surface area (Å²) in [6.07, 6.45) is -0.980. The van der Waals surface area contributed by atoms with Crippen LogP contribution in [0.3, 0.4) is 0 Å². The van der Waals surface area contributed by atoms with Crippen LogP contribution in [0.15, 0.2) is 43.0 Å². The highest BCUT2D eigenvalue weighted by Crippen LogP contribution is 2.56. The lowest BCUT2D eigenvalue weighted by Crippen LogP contribution is -2.65. The van der Waals surface area contributed by atoms with E-state index in [2.05, 4.69) is 61.8 Å². The molecule has 0 aliphatic carbocycles. The molecule has 0 unspecified atom stereocenters. The maximum atomic E-state index is 16.0. The van der Waals surface area contributed by atoms with Crippen molar-refractivity contribution in [3.63, 3.8) is 0 Å². The van der Waals surface area contributed by atoms with Crippen molar-refractivity contribution in [3.8, 4) is 0 Å². The Morgan fingerprint density at radius 1 is 1.08 bits per heavy atom. The molecule has 4 heterocycles. The van der Waals surface area contributed by atoms with E-state index in [1.807, 2.05) is 6.07 Å². The molecule has 9 nitrogen and oxygen atoms in total. The molecule has 1 N–H and O–H groups in total. The average molecular weight is 514 g/mol. The van der Waals surface area contributed by atoms with Gasteiger partial charge in [-0.1, -0.05) is 59.7 Å². The number of carbonyl (C=O) groups is 1. The Hall–Kier alpha value is -2.73. The van der Waals surface area contributed by atoms with Crippen LogP contribution in [0.4, 0.5) is 10.2 Å². The van der Waals surface area contributed by atoms with Crippen molar-refractivity contribution in [1.29, 1.82) is 0 Å². The van der Waals surface area contributed by atoms with E-state index >= 15 is 4.39 Å². The minimum atomic E-state index is -2.86. The molecular formula is C25H32FN5O4Si. The second kappa shape index (κ2) is 8.68. The number of ether oxygens (including phenoxy) is 1. The molecule has 36 heavy (non-hydrogen) atoms.